The van der Waals surface area contributed by atoms with Crippen LogP contribution < -0.4 is 15.4 Å². The van der Waals surface area contributed by atoms with Crippen molar-refractivity contribution >= 4 is 17.6 Å². The van der Waals surface area contributed by atoms with E-state index in [1.54, 1.807) is 24.3 Å². The van der Waals surface area contributed by atoms with E-state index in [2.05, 4.69) is 15.4 Å². The fourth-order valence-corrected chi connectivity index (χ4v) is 3.12. The molecule has 29 heavy (non-hydrogen) atoms. The van der Waals surface area contributed by atoms with Crippen molar-refractivity contribution in [3.63, 3.8) is 0 Å². The summed E-state index contributed by atoms with van der Waals surface area (Å²) in [6.45, 7) is -1.06. The summed E-state index contributed by atoms with van der Waals surface area (Å²) in [5.74, 6) is 0.287. The number of amides is 3. The molecule has 2 aromatic rings. The van der Waals surface area contributed by atoms with Crippen LogP contribution in [0, 0.1) is 0 Å². The summed E-state index contributed by atoms with van der Waals surface area (Å²) >= 11 is 0. The second-order valence-electron chi connectivity index (χ2n) is 6.77. The summed E-state index contributed by atoms with van der Waals surface area (Å²) in [7, 11) is 0. The number of ether oxygens (including phenoxy) is 1. The van der Waals surface area contributed by atoms with Gasteiger partial charge < -0.3 is 20.3 Å². The van der Waals surface area contributed by atoms with Crippen molar-refractivity contribution in [2.75, 3.05) is 18.4 Å². The van der Waals surface area contributed by atoms with Gasteiger partial charge in [-0.1, -0.05) is 24.3 Å². The lowest BCUT2D eigenvalue weighted by Gasteiger charge is -2.15. The van der Waals surface area contributed by atoms with Crippen molar-refractivity contribution in [2.45, 2.75) is 32.4 Å². The molecule has 3 amide bonds. The normalized spacial score (nSPS) is 13.6. The molecule has 2 aromatic carbocycles. The van der Waals surface area contributed by atoms with E-state index in [1.807, 2.05) is 17.0 Å². The van der Waals surface area contributed by atoms with Crippen molar-refractivity contribution in [3.8, 4) is 5.75 Å². The quantitative estimate of drug-likeness (QED) is 0.705. The molecule has 1 saturated heterocycles. The number of anilines is 1. The number of likely N-dealkylation sites (tertiary alicyclic amines) is 1. The molecule has 1 heterocycles. The van der Waals surface area contributed by atoms with Gasteiger partial charge in [0.2, 0.25) is 5.91 Å². The Kier molecular flexibility index (Phi) is 6.99. The van der Waals surface area contributed by atoms with Crippen LogP contribution in [0.2, 0.25) is 0 Å². The number of urea groups is 1. The van der Waals surface area contributed by atoms with Crippen molar-refractivity contribution in [2.24, 2.45) is 0 Å². The highest BCUT2D eigenvalue weighted by molar-refractivity contribution is 5.89. The average Bonchev–Trinajstić information content (AvgIpc) is 3.09. The molecule has 1 fully saturated rings. The summed E-state index contributed by atoms with van der Waals surface area (Å²) in [5.41, 5.74) is 2.57. The second kappa shape index (κ2) is 9.86. The third-order valence-corrected chi connectivity index (χ3v) is 4.60. The second-order valence-corrected chi connectivity index (χ2v) is 6.77. The molecule has 1 aliphatic heterocycles. The van der Waals surface area contributed by atoms with E-state index in [9.17, 15) is 18.4 Å². The Morgan fingerprint density at radius 1 is 1.07 bits per heavy atom. The standard InChI is InChI=1S/C21H23F2N3O3/c22-20(23)29-18-9-5-15(6-10-18)11-12-24-21(28)25-17-7-3-16(4-8-17)14-26-13-1-2-19(26)27/h3-10,20H,1-2,11-14H2,(H2,24,25,28). The molecular weight excluding hydrogens is 380 g/mol. The maximum atomic E-state index is 12.1. The Hall–Kier alpha value is -3.16. The number of carbonyl (C=O) groups is 2. The molecule has 1 aliphatic rings. The van der Waals surface area contributed by atoms with E-state index in [-0.39, 0.29) is 17.7 Å². The van der Waals surface area contributed by atoms with Crippen molar-refractivity contribution in [1.29, 1.82) is 0 Å². The molecule has 0 atom stereocenters. The Morgan fingerprint density at radius 2 is 1.76 bits per heavy atom. The van der Waals surface area contributed by atoms with Gasteiger partial charge in [-0.3, -0.25) is 4.79 Å². The van der Waals surface area contributed by atoms with Gasteiger partial charge in [0.1, 0.15) is 5.75 Å². The fraction of sp³-hybridized carbons (Fsp3) is 0.333. The van der Waals surface area contributed by atoms with Crippen molar-refractivity contribution < 1.29 is 23.1 Å². The lowest BCUT2D eigenvalue weighted by Crippen LogP contribution is -2.30. The van der Waals surface area contributed by atoms with E-state index in [1.165, 1.54) is 12.1 Å². The first kappa shape index (κ1) is 20.6. The molecule has 6 nitrogen and oxygen atoms in total. The molecule has 0 radical (unpaired) electrons. The van der Waals surface area contributed by atoms with Crippen molar-refractivity contribution in [1.82, 2.24) is 10.2 Å². The van der Waals surface area contributed by atoms with Crippen LogP contribution in [0.1, 0.15) is 24.0 Å². The number of halogens is 2. The van der Waals surface area contributed by atoms with Gasteiger partial charge >= 0.3 is 12.6 Å². The van der Waals surface area contributed by atoms with Gasteiger partial charge in [0.15, 0.2) is 0 Å². The zero-order chi connectivity index (χ0) is 20.6. The maximum absolute atomic E-state index is 12.1. The number of rotatable bonds is 8. The Morgan fingerprint density at radius 3 is 2.38 bits per heavy atom. The SMILES string of the molecule is O=C(NCCc1ccc(OC(F)F)cc1)Nc1ccc(CN2CCCC2=O)cc1. The summed E-state index contributed by atoms with van der Waals surface area (Å²) < 4.78 is 28.6. The number of benzene rings is 2. The lowest BCUT2D eigenvalue weighted by molar-refractivity contribution is -0.128. The minimum Gasteiger partial charge on any atom is -0.435 e. The molecule has 154 valence electrons. The van der Waals surface area contributed by atoms with E-state index < -0.39 is 6.61 Å². The Balaban J connectivity index is 1.39. The average molecular weight is 403 g/mol. The highest BCUT2D eigenvalue weighted by atomic mass is 19.3. The topological polar surface area (TPSA) is 70.7 Å². The van der Waals surface area contributed by atoms with Gasteiger partial charge in [-0.15, -0.1) is 0 Å². The molecule has 0 saturated carbocycles. The Bertz CT molecular complexity index is 826. The maximum Gasteiger partial charge on any atom is 0.387 e. The van der Waals surface area contributed by atoms with E-state index in [4.69, 9.17) is 0 Å². The van der Waals surface area contributed by atoms with Crippen molar-refractivity contribution in [3.05, 3.63) is 59.7 Å². The summed E-state index contributed by atoms with van der Waals surface area (Å²) in [6, 6.07) is 13.4. The zero-order valence-electron chi connectivity index (χ0n) is 15.9. The first-order chi connectivity index (χ1) is 14.0. The van der Waals surface area contributed by atoms with Crippen LogP contribution in [0.5, 0.6) is 5.75 Å². The van der Waals surface area contributed by atoms with Gasteiger partial charge in [-0.05, 0) is 48.2 Å². The highest BCUT2D eigenvalue weighted by Gasteiger charge is 2.19. The number of alkyl halides is 2. The predicted octanol–water partition coefficient (Wildman–Crippen LogP) is 3.77. The molecule has 8 heteroatoms. The number of hydrogen-bond donors (Lipinski definition) is 2. The summed E-state index contributed by atoms with van der Waals surface area (Å²) in [4.78, 5) is 25.5. The fourth-order valence-electron chi connectivity index (χ4n) is 3.12. The van der Waals surface area contributed by atoms with Crippen LogP contribution in [-0.4, -0.2) is 36.5 Å². The number of hydrogen-bond acceptors (Lipinski definition) is 3. The molecular formula is C21H23F2N3O3. The van der Waals surface area contributed by atoms with Gasteiger partial charge in [-0.25, -0.2) is 4.79 Å². The first-order valence-electron chi connectivity index (χ1n) is 9.45. The van der Waals surface area contributed by atoms with Crippen LogP contribution >= 0.6 is 0 Å². The van der Waals surface area contributed by atoms with E-state index >= 15 is 0 Å². The smallest absolute Gasteiger partial charge is 0.387 e. The summed E-state index contributed by atoms with van der Waals surface area (Å²) in [6.07, 6.45) is 2.09. The molecule has 0 aliphatic carbocycles. The first-order valence-corrected chi connectivity index (χ1v) is 9.45. The van der Waals surface area contributed by atoms with Gasteiger partial charge in [0.05, 0.1) is 0 Å². The van der Waals surface area contributed by atoms with Crippen LogP contribution in [0.4, 0.5) is 19.3 Å². The van der Waals surface area contributed by atoms with E-state index in [0.717, 1.165) is 24.1 Å². The van der Waals surface area contributed by atoms with Gasteiger partial charge in [0, 0.05) is 31.7 Å². The van der Waals surface area contributed by atoms with Gasteiger partial charge in [-0.2, -0.15) is 8.78 Å². The lowest BCUT2D eigenvalue weighted by atomic mass is 10.1. The van der Waals surface area contributed by atoms with Crippen LogP contribution in [0.25, 0.3) is 0 Å². The monoisotopic (exact) mass is 403 g/mol. The molecule has 0 unspecified atom stereocenters. The summed E-state index contributed by atoms with van der Waals surface area (Å²) in [5, 5.41) is 5.51. The molecule has 0 spiro atoms. The largest absolute Gasteiger partial charge is 0.435 e. The molecule has 2 N–H and O–H groups in total. The van der Waals surface area contributed by atoms with Crippen LogP contribution in [-0.2, 0) is 17.8 Å². The van der Waals surface area contributed by atoms with Crippen LogP contribution in [0.3, 0.4) is 0 Å². The third-order valence-electron chi connectivity index (χ3n) is 4.60. The Labute approximate surface area is 167 Å². The van der Waals surface area contributed by atoms with Gasteiger partial charge in [0.25, 0.3) is 0 Å². The minimum atomic E-state index is -2.84. The molecule has 0 aromatic heterocycles. The highest BCUT2D eigenvalue weighted by Crippen LogP contribution is 2.17. The predicted molar refractivity (Wildman–Crippen MR) is 105 cm³/mol. The number of nitrogens with one attached hydrogen (secondary N) is 2. The number of carbonyl (C=O) groups excluding carboxylic acids is 2. The van der Waals surface area contributed by atoms with E-state index in [0.29, 0.717) is 31.6 Å². The molecule has 3 rings (SSSR count). The minimum absolute atomic E-state index is 0.104. The third kappa shape index (κ3) is 6.44. The van der Waals surface area contributed by atoms with Crippen LogP contribution in [0.15, 0.2) is 48.5 Å². The number of nitrogens with zero attached hydrogens (tertiary/aromatic N) is 1. The zero-order valence-corrected chi connectivity index (χ0v) is 15.9. The molecule has 0 bridgehead atoms.